The number of aromatic nitrogens is 1. The molecule has 0 unspecified atom stereocenters. The van der Waals surface area contributed by atoms with Gasteiger partial charge in [-0.1, -0.05) is 0 Å². The minimum atomic E-state index is -5.50. The Hall–Kier alpha value is -2.84. The maximum absolute atomic E-state index is 15.8. The maximum Gasteiger partial charge on any atom is 0.360 e. The molecule has 5 rings (SSSR count). The van der Waals surface area contributed by atoms with Crippen molar-refractivity contribution in [3.63, 3.8) is 0 Å². The van der Waals surface area contributed by atoms with Crippen molar-refractivity contribution in [2.45, 2.75) is 43.3 Å². The van der Waals surface area contributed by atoms with Crippen LogP contribution < -0.4 is 20.4 Å². The molecule has 0 spiro atoms. The molecule has 3 fully saturated rings. The van der Waals surface area contributed by atoms with Gasteiger partial charge >= 0.3 is 21.2 Å². The van der Waals surface area contributed by atoms with E-state index in [2.05, 4.69) is 5.32 Å². The molecule has 5 N–H and O–H groups in total. The highest BCUT2D eigenvalue weighted by Crippen LogP contribution is 2.60. The van der Waals surface area contributed by atoms with Gasteiger partial charge in [0.15, 0.2) is 18.2 Å². The average Bonchev–Trinajstić information content (AvgIpc) is 3.67. The van der Waals surface area contributed by atoms with Crippen LogP contribution in [0.1, 0.15) is 42.1 Å². The molecule has 1 amide bonds. The van der Waals surface area contributed by atoms with Crippen LogP contribution in [0, 0.1) is 11.7 Å². The summed E-state index contributed by atoms with van der Waals surface area (Å²) in [7, 11) is -8.88. The number of fused-ring (bicyclic) bond motifs is 2. The van der Waals surface area contributed by atoms with Crippen molar-refractivity contribution >= 4 is 43.7 Å². The third-order valence-corrected chi connectivity index (χ3v) is 11.8. The molecule has 2 aliphatic heterocycles. The number of rotatable bonds is 9. The largest absolute Gasteiger partial charge is 0.492 e. The molecule has 236 valence electrons. The van der Waals surface area contributed by atoms with E-state index in [-0.39, 0.29) is 33.8 Å². The number of nitrogens with zero attached hydrogens (tertiary/aromatic N) is 3. The molecular formula is C25H33FN4O11P2. The number of hydrogen-bond donors (Lipinski definition) is 5. The predicted octanol–water partition coefficient (Wildman–Crippen LogP) is 0.927. The second-order valence-corrected chi connectivity index (χ2v) is 14.9. The van der Waals surface area contributed by atoms with Gasteiger partial charge in [-0.15, -0.1) is 0 Å². The number of esters is 1. The fourth-order valence-electron chi connectivity index (χ4n) is 6.03. The summed E-state index contributed by atoms with van der Waals surface area (Å²) in [4.78, 5) is 78.4. The highest BCUT2D eigenvalue weighted by Gasteiger charge is 2.48. The van der Waals surface area contributed by atoms with Crippen LogP contribution in [0.15, 0.2) is 17.1 Å². The Morgan fingerprint density at radius 2 is 1.84 bits per heavy atom. The molecule has 1 saturated carbocycles. The van der Waals surface area contributed by atoms with Crippen LogP contribution in [0.25, 0.3) is 10.9 Å². The number of amides is 1. The standard InChI is InChI=1S/C25H33FN4O11P2/c1-28(25(42(34,35)36)43(37,38)39)19(31)12-41-24(33)16-10-30(14-5-6-14)20-15(22(16)32)8-17(26)21(23(20)40-2)29-9-13-4-3-7-27-18(13)11-29/h8,10,13-14,18,25,27H,3-7,9,11-12H2,1-2H3,(H2,34,35,36)(H2,37,38,39)/t13-,18+/m0/s1. The first kappa shape index (κ1) is 31.6. The normalized spacial score (nSPS) is 20.8. The lowest BCUT2D eigenvalue weighted by atomic mass is 9.94. The average molecular weight is 647 g/mol. The number of benzene rings is 1. The zero-order valence-corrected chi connectivity index (χ0v) is 25.2. The van der Waals surface area contributed by atoms with Crippen molar-refractivity contribution in [2.24, 2.45) is 5.92 Å². The molecule has 2 aromatic rings. The Morgan fingerprint density at radius 1 is 1.16 bits per heavy atom. The Bertz CT molecular complexity index is 1580. The second-order valence-electron chi connectivity index (χ2n) is 11.1. The van der Waals surface area contributed by atoms with Gasteiger partial charge < -0.3 is 48.7 Å². The molecule has 3 heterocycles. The number of carbonyl (C=O) groups excluding carboxylic acids is 2. The molecule has 15 nitrogen and oxygen atoms in total. The number of piperidine rings is 1. The minimum absolute atomic E-state index is 0.101. The van der Waals surface area contributed by atoms with E-state index in [1.165, 1.54) is 13.3 Å². The molecule has 2 saturated heterocycles. The number of hydrogen-bond acceptors (Lipinski definition) is 9. The van der Waals surface area contributed by atoms with Crippen molar-refractivity contribution in [3.8, 4) is 5.75 Å². The summed E-state index contributed by atoms with van der Waals surface area (Å²) >= 11 is 0. The summed E-state index contributed by atoms with van der Waals surface area (Å²) in [5, 5.41) is 3.34. The van der Waals surface area contributed by atoms with Gasteiger partial charge in [0.1, 0.15) is 11.3 Å². The van der Waals surface area contributed by atoms with Crippen LogP contribution in [-0.2, 0) is 18.7 Å². The molecule has 1 aliphatic carbocycles. The molecule has 18 heteroatoms. The Kier molecular flexibility index (Phi) is 8.51. The molecule has 0 radical (unpaired) electrons. The molecule has 3 aliphatic rings. The van der Waals surface area contributed by atoms with Crippen molar-refractivity contribution in [3.05, 3.63) is 33.9 Å². The molecule has 2 atom stereocenters. The van der Waals surface area contributed by atoms with Crippen molar-refractivity contribution < 1.29 is 52.2 Å². The maximum atomic E-state index is 15.8. The number of anilines is 1. The van der Waals surface area contributed by atoms with Crippen LogP contribution in [0.5, 0.6) is 5.75 Å². The molecule has 0 bridgehead atoms. The number of carbonyl (C=O) groups is 2. The topological polar surface area (TPSA) is 208 Å². The number of halogens is 1. The minimum Gasteiger partial charge on any atom is -0.492 e. The Labute approximate surface area is 244 Å². The molecule has 43 heavy (non-hydrogen) atoms. The van der Waals surface area contributed by atoms with Gasteiger partial charge in [0.2, 0.25) is 11.0 Å². The van der Waals surface area contributed by atoms with Crippen LogP contribution in [-0.4, -0.2) is 92.9 Å². The number of pyridine rings is 1. The van der Waals surface area contributed by atoms with Crippen molar-refractivity contribution in [2.75, 3.05) is 45.3 Å². The molecular weight excluding hydrogens is 613 g/mol. The summed E-state index contributed by atoms with van der Waals surface area (Å²) in [6.07, 6.45) is 4.73. The van der Waals surface area contributed by atoms with E-state index < -0.39 is 56.0 Å². The highest BCUT2D eigenvalue weighted by atomic mass is 31.2. The predicted molar refractivity (Wildman–Crippen MR) is 151 cm³/mol. The summed E-state index contributed by atoms with van der Waals surface area (Å²) in [6.45, 7) is 0.883. The first-order chi connectivity index (χ1) is 20.1. The lowest BCUT2D eigenvalue weighted by Crippen LogP contribution is -2.40. The Balaban J connectivity index is 1.47. The van der Waals surface area contributed by atoms with Gasteiger partial charge in [-0.25, -0.2) is 9.18 Å². The third kappa shape index (κ3) is 6.10. The van der Waals surface area contributed by atoms with Crippen LogP contribution in [0.2, 0.25) is 0 Å². The quantitative estimate of drug-likeness (QED) is 0.190. The van der Waals surface area contributed by atoms with Gasteiger partial charge in [0.05, 0.1) is 18.0 Å². The van der Waals surface area contributed by atoms with Crippen LogP contribution >= 0.6 is 15.2 Å². The molecule has 1 aromatic heterocycles. The summed E-state index contributed by atoms with van der Waals surface area (Å²) in [5.74, 6) is -2.82. The fourth-order valence-corrected chi connectivity index (χ4v) is 8.76. The summed E-state index contributed by atoms with van der Waals surface area (Å²) in [5.41, 5.74) is -3.66. The van der Waals surface area contributed by atoms with E-state index in [0.29, 0.717) is 24.5 Å². The van der Waals surface area contributed by atoms with Crippen LogP contribution in [0.4, 0.5) is 10.1 Å². The first-order valence-corrected chi connectivity index (χ1v) is 17.0. The zero-order chi connectivity index (χ0) is 31.4. The van der Waals surface area contributed by atoms with Crippen molar-refractivity contribution in [1.29, 1.82) is 0 Å². The lowest BCUT2D eigenvalue weighted by Gasteiger charge is -2.28. The van der Waals surface area contributed by atoms with Crippen molar-refractivity contribution in [1.82, 2.24) is 14.8 Å². The number of likely N-dealkylation sites (N-methyl/N-ethyl adjacent to an activating group) is 1. The fraction of sp³-hybridized carbons (Fsp3) is 0.560. The number of nitrogens with one attached hydrogen (secondary N) is 1. The summed E-state index contributed by atoms with van der Waals surface area (Å²) in [6, 6.07) is 1.14. The smallest absolute Gasteiger partial charge is 0.360 e. The van der Waals surface area contributed by atoms with Gasteiger partial charge in [0.25, 0.3) is 5.91 Å². The highest BCUT2D eigenvalue weighted by molar-refractivity contribution is 7.70. The van der Waals surface area contributed by atoms with Gasteiger partial charge in [0, 0.05) is 38.4 Å². The van der Waals surface area contributed by atoms with E-state index in [0.717, 1.165) is 45.3 Å². The van der Waals surface area contributed by atoms with E-state index in [9.17, 15) is 43.1 Å². The monoisotopic (exact) mass is 646 g/mol. The van der Waals surface area contributed by atoms with E-state index in [1.807, 2.05) is 4.90 Å². The number of methoxy groups -OCH3 is 1. The first-order valence-electron chi connectivity index (χ1n) is 13.6. The van der Waals surface area contributed by atoms with Gasteiger partial charge in [-0.2, -0.15) is 0 Å². The van der Waals surface area contributed by atoms with E-state index in [4.69, 9.17) is 9.47 Å². The van der Waals surface area contributed by atoms with E-state index >= 15 is 4.39 Å². The van der Waals surface area contributed by atoms with Gasteiger partial charge in [-0.3, -0.25) is 18.7 Å². The molecule has 1 aromatic carbocycles. The summed E-state index contributed by atoms with van der Waals surface area (Å²) < 4.78 is 51.3. The second kappa shape index (κ2) is 11.6. The third-order valence-electron chi connectivity index (χ3n) is 8.15. The Morgan fingerprint density at radius 3 is 2.42 bits per heavy atom. The number of ether oxygens (including phenoxy) is 2. The van der Waals surface area contributed by atoms with Crippen LogP contribution in [0.3, 0.4) is 0 Å². The van der Waals surface area contributed by atoms with E-state index in [1.54, 1.807) is 4.57 Å². The van der Waals surface area contributed by atoms with Gasteiger partial charge in [-0.05, 0) is 44.2 Å². The zero-order valence-electron chi connectivity index (χ0n) is 23.4. The SMILES string of the molecule is COc1c(N2C[C@@H]3CCCN[C@@H]3C2)c(F)cc2c(=O)c(C(=O)OCC(=O)N(C)C(P(=O)(O)O)P(=O)(O)O)cn(C3CC3)c12. The lowest BCUT2D eigenvalue weighted by molar-refractivity contribution is -0.133.